The summed E-state index contributed by atoms with van der Waals surface area (Å²) in [6.45, 7) is 9.00. The molecule has 0 aliphatic heterocycles. The molecule has 28 heavy (non-hydrogen) atoms. The van der Waals surface area contributed by atoms with Gasteiger partial charge in [-0.1, -0.05) is 37.6 Å². The van der Waals surface area contributed by atoms with Crippen LogP contribution in [0.25, 0.3) is 16.8 Å². The Hall–Kier alpha value is -2.55. The summed E-state index contributed by atoms with van der Waals surface area (Å²) in [7, 11) is 3.53. The predicted molar refractivity (Wildman–Crippen MR) is 117 cm³/mol. The topological polar surface area (TPSA) is 33.5 Å². The lowest BCUT2D eigenvalue weighted by Crippen LogP contribution is -2.21. The third-order valence-corrected chi connectivity index (χ3v) is 5.70. The lowest BCUT2D eigenvalue weighted by molar-refractivity contribution is 0.0828. The lowest BCUT2D eigenvalue weighted by atomic mass is 9.72. The minimum Gasteiger partial charge on any atom is -0.464 e. The van der Waals surface area contributed by atoms with Gasteiger partial charge in [-0.25, -0.2) is 0 Å². The van der Waals surface area contributed by atoms with Crippen molar-refractivity contribution in [2.75, 3.05) is 14.1 Å². The zero-order valence-electron chi connectivity index (χ0n) is 17.9. The quantitative estimate of drug-likeness (QED) is 0.561. The molecule has 0 saturated heterocycles. The molecule has 0 fully saturated rings. The van der Waals surface area contributed by atoms with Gasteiger partial charge in [0.15, 0.2) is 0 Å². The Kier molecular flexibility index (Phi) is 5.64. The number of allylic oxidation sites excluding steroid dienone is 5. The SMILES string of the molecule is CC(C=CC1=C(C)CCCC1(C)C)=Cc1occ2ccc(C(=O)N(C)C)cc12. The third-order valence-electron chi connectivity index (χ3n) is 5.70. The van der Waals surface area contributed by atoms with E-state index in [1.165, 1.54) is 30.4 Å². The maximum absolute atomic E-state index is 12.3. The first-order chi connectivity index (χ1) is 13.2. The lowest BCUT2D eigenvalue weighted by Gasteiger charge is -2.32. The zero-order valence-corrected chi connectivity index (χ0v) is 17.9. The number of hydrogen-bond acceptors (Lipinski definition) is 2. The molecule has 0 saturated carbocycles. The number of rotatable bonds is 4. The monoisotopic (exact) mass is 377 g/mol. The van der Waals surface area contributed by atoms with Crippen LogP contribution >= 0.6 is 0 Å². The largest absolute Gasteiger partial charge is 0.464 e. The van der Waals surface area contributed by atoms with Gasteiger partial charge in [0, 0.05) is 30.4 Å². The molecule has 148 valence electrons. The van der Waals surface area contributed by atoms with Crippen LogP contribution in [0.4, 0.5) is 0 Å². The zero-order chi connectivity index (χ0) is 20.5. The maximum Gasteiger partial charge on any atom is 0.253 e. The molecule has 0 radical (unpaired) electrons. The summed E-state index contributed by atoms with van der Waals surface area (Å²) in [4.78, 5) is 13.9. The Morgan fingerprint density at radius 3 is 2.68 bits per heavy atom. The highest BCUT2D eigenvalue weighted by atomic mass is 16.3. The summed E-state index contributed by atoms with van der Waals surface area (Å²) in [5.41, 5.74) is 4.98. The number of benzene rings is 1. The van der Waals surface area contributed by atoms with Gasteiger partial charge in [-0.3, -0.25) is 4.79 Å². The van der Waals surface area contributed by atoms with Gasteiger partial charge in [-0.15, -0.1) is 0 Å². The van der Waals surface area contributed by atoms with Gasteiger partial charge < -0.3 is 9.32 Å². The summed E-state index contributed by atoms with van der Waals surface area (Å²) in [5, 5.41) is 1.97. The van der Waals surface area contributed by atoms with Crippen LogP contribution in [0.15, 0.2) is 57.8 Å². The van der Waals surface area contributed by atoms with Crippen molar-refractivity contribution >= 4 is 22.8 Å². The van der Waals surface area contributed by atoms with Crippen molar-refractivity contribution in [3.8, 4) is 0 Å². The van der Waals surface area contributed by atoms with E-state index in [0.29, 0.717) is 5.56 Å². The number of hydrogen-bond donors (Lipinski definition) is 0. The molecule has 0 spiro atoms. The molecule has 3 heteroatoms. The van der Waals surface area contributed by atoms with Crippen molar-refractivity contribution in [1.29, 1.82) is 0 Å². The number of carbonyl (C=O) groups is 1. The summed E-state index contributed by atoms with van der Waals surface area (Å²) >= 11 is 0. The fourth-order valence-electron chi connectivity index (χ4n) is 4.05. The summed E-state index contributed by atoms with van der Waals surface area (Å²) in [6, 6.07) is 5.71. The van der Waals surface area contributed by atoms with E-state index < -0.39 is 0 Å². The molecule has 3 rings (SSSR count). The Balaban J connectivity index is 1.91. The standard InChI is InChI=1S/C25H31NO2/c1-17(9-12-22-18(2)8-7-13-25(22,3)4)14-23-21-15-19(24(27)26(5)6)10-11-20(21)16-28-23/h9-12,14-16H,7-8,13H2,1-6H3. The van der Waals surface area contributed by atoms with Gasteiger partial charge in [-0.2, -0.15) is 0 Å². The molecule has 0 bridgehead atoms. The van der Waals surface area contributed by atoms with E-state index in [2.05, 4.69) is 45.9 Å². The van der Waals surface area contributed by atoms with E-state index in [1.54, 1.807) is 25.3 Å². The minimum atomic E-state index is -0.00316. The van der Waals surface area contributed by atoms with Gasteiger partial charge in [-0.05, 0) is 67.9 Å². The molecule has 1 aromatic heterocycles. The molecular weight excluding hydrogens is 346 g/mol. The average Bonchev–Trinajstić information content (AvgIpc) is 3.02. The van der Waals surface area contributed by atoms with Crippen LogP contribution in [0.5, 0.6) is 0 Å². The molecule has 0 N–H and O–H groups in total. The second-order valence-electron chi connectivity index (χ2n) is 8.75. The van der Waals surface area contributed by atoms with Crippen molar-refractivity contribution < 1.29 is 9.21 Å². The molecular formula is C25H31NO2. The van der Waals surface area contributed by atoms with Gasteiger partial charge in [0.25, 0.3) is 5.91 Å². The highest BCUT2D eigenvalue weighted by molar-refractivity contribution is 6.00. The number of nitrogens with zero attached hydrogens (tertiary/aromatic N) is 1. The molecule has 1 heterocycles. The van der Waals surface area contributed by atoms with Crippen molar-refractivity contribution in [2.45, 2.75) is 47.0 Å². The Morgan fingerprint density at radius 2 is 2.00 bits per heavy atom. The highest BCUT2D eigenvalue weighted by Gasteiger charge is 2.26. The number of fused-ring (bicyclic) bond motifs is 1. The van der Waals surface area contributed by atoms with Crippen molar-refractivity contribution in [2.24, 2.45) is 5.41 Å². The van der Waals surface area contributed by atoms with Crippen LogP contribution < -0.4 is 0 Å². The van der Waals surface area contributed by atoms with Crippen LogP contribution in [0.3, 0.4) is 0 Å². The number of furan rings is 1. The summed E-state index contributed by atoms with van der Waals surface area (Å²) in [6.07, 6.45) is 11.9. The number of carbonyl (C=O) groups excluding carboxylic acids is 1. The molecule has 1 aliphatic rings. The van der Waals surface area contributed by atoms with E-state index in [9.17, 15) is 4.79 Å². The first kappa shape index (κ1) is 20.2. The van der Waals surface area contributed by atoms with E-state index in [0.717, 1.165) is 22.1 Å². The van der Waals surface area contributed by atoms with Gasteiger partial charge >= 0.3 is 0 Å². The molecule has 0 atom stereocenters. The van der Waals surface area contributed by atoms with Crippen molar-refractivity contribution in [3.63, 3.8) is 0 Å². The summed E-state index contributed by atoms with van der Waals surface area (Å²) in [5.74, 6) is 0.788. The Bertz CT molecular complexity index is 983. The predicted octanol–water partition coefficient (Wildman–Crippen LogP) is 6.62. The molecule has 1 amide bonds. The summed E-state index contributed by atoms with van der Waals surface area (Å²) < 4.78 is 5.79. The molecule has 3 nitrogen and oxygen atoms in total. The fourth-order valence-corrected chi connectivity index (χ4v) is 4.05. The van der Waals surface area contributed by atoms with E-state index >= 15 is 0 Å². The van der Waals surface area contributed by atoms with Crippen LogP contribution in [-0.2, 0) is 0 Å². The second kappa shape index (κ2) is 7.83. The van der Waals surface area contributed by atoms with Crippen LogP contribution in [-0.4, -0.2) is 24.9 Å². The van der Waals surface area contributed by atoms with Gasteiger partial charge in [0.05, 0.1) is 6.26 Å². The Labute approximate surface area is 168 Å². The van der Waals surface area contributed by atoms with Gasteiger partial charge in [0.2, 0.25) is 0 Å². The van der Waals surface area contributed by atoms with E-state index in [-0.39, 0.29) is 11.3 Å². The smallest absolute Gasteiger partial charge is 0.253 e. The number of amides is 1. The Morgan fingerprint density at radius 1 is 1.25 bits per heavy atom. The van der Waals surface area contributed by atoms with E-state index in [1.807, 2.05) is 18.2 Å². The first-order valence-electron chi connectivity index (χ1n) is 9.98. The van der Waals surface area contributed by atoms with Crippen LogP contribution in [0.1, 0.15) is 63.1 Å². The third kappa shape index (κ3) is 4.14. The second-order valence-corrected chi connectivity index (χ2v) is 8.75. The molecule has 1 aromatic carbocycles. The van der Waals surface area contributed by atoms with Gasteiger partial charge in [0.1, 0.15) is 5.76 Å². The first-order valence-corrected chi connectivity index (χ1v) is 9.98. The molecule has 2 aromatic rings. The normalized spacial score (nSPS) is 17.6. The maximum atomic E-state index is 12.3. The molecule has 0 unspecified atom stereocenters. The van der Waals surface area contributed by atoms with Crippen LogP contribution in [0, 0.1) is 5.41 Å². The van der Waals surface area contributed by atoms with E-state index in [4.69, 9.17) is 4.42 Å². The fraction of sp³-hybridized carbons (Fsp3) is 0.400. The average molecular weight is 378 g/mol. The van der Waals surface area contributed by atoms with Crippen LogP contribution in [0.2, 0.25) is 0 Å². The van der Waals surface area contributed by atoms with Crippen molar-refractivity contribution in [1.82, 2.24) is 4.90 Å². The molecule has 1 aliphatic carbocycles. The highest BCUT2D eigenvalue weighted by Crippen LogP contribution is 2.40. The van der Waals surface area contributed by atoms with Crippen molar-refractivity contribution in [3.05, 3.63) is 64.7 Å². The minimum absolute atomic E-state index is 0.00316.